The van der Waals surface area contributed by atoms with Crippen molar-refractivity contribution in [1.29, 1.82) is 0 Å². The van der Waals surface area contributed by atoms with Gasteiger partial charge in [-0.1, -0.05) is 24.3 Å². The van der Waals surface area contributed by atoms with Crippen LogP contribution in [-0.2, 0) is 11.2 Å². The molecule has 0 amide bonds. The molecular formula is C21H16N4O3. The van der Waals surface area contributed by atoms with Gasteiger partial charge < -0.3 is 14.8 Å². The molecule has 2 aliphatic heterocycles. The minimum absolute atomic E-state index is 0.0745. The Hall–Kier alpha value is -3.74. The molecule has 7 heteroatoms. The van der Waals surface area contributed by atoms with Gasteiger partial charge in [-0.25, -0.2) is 15.0 Å². The van der Waals surface area contributed by atoms with Gasteiger partial charge in [0.25, 0.3) is 0 Å². The third-order valence-electron chi connectivity index (χ3n) is 4.71. The second kappa shape index (κ2) is 6.77. The van der Waals surface area contributed by atoms with Gasteiger partial charge >= 0.3 is 0 Å². The second-order valence-electron chi connectivity index (χ2n) is 6.56. The number of carbonyl (C=O) groups excluding carboxylic acids is 1. The minimum Gasteiger partial charge on any atom is -0.454 e. The summed E-state index contributed by atoms with van der Waals surface area (Å²) < 4.78 is 10.8. The maximum Gasteiger partial charge on any atom is 0.231 e. The van der Waals surface area contributed by atoms with Gasteiger partial charge in [-0.3, -0.25) is 4.79 Å². The molecule has 2 aliphatic rings. The zero-order valence-electron chi connectivity index (χ0n) is 14.8. The summed E-state index contributed by atoms with van der Waals surface area (Å²) in [7, 11) is 0. The molecule has 1 unspecified atom stereocenters. The minimum atomic E-state index is -0.424. The molecule has 0 fully saturated rings. The topological polar surface area (TPSA) is 85.7 Å². The van der Waals surface area contributed by atoms with Crippen molar-refractivity contribution < 1.29 is 14.3 Å². The molecule has 138 valence electrons. The van der Waals surface area contributed by atoms with Crippen LogP contribution in [0.4, 0.5) is 17.3 Å². The van der Waals surface area contributed by atoms with Crippen molar-refractivity contribution in [2.45, 2.75) is 12.3 Å². The number of benzene rings is 2. The summed E-state index contributed by atoms with van der Waals surface area (Å²) in [6.45, 7) is 0.221. The lowest BCUT2D eigenvalue weighted by atomic mass is 9.90. The quantitative estimate of drug-likeness (QED) is 0.754. The second-order valence-corrected chi connectivity index (χ2v) is 6.56. The molecular weight excluding hydrogens is 356 g/mol. The fourth-order valence-electron chi connectivity index (χ4n) is 3.31. The van der Waals surface area contributed by atoms with Crippen molar-refractivity contribution >= 4 is 29.3 Å². The average Bonchev–Trinajstić information content (AvgIpc) is 3.19. The van der Waals surface area contributed by atoms with Crippen molar-refractivity contribution in [2.75, 3.05) is 12.1 Å². The van der Waals surface area contributed by atoms with Gasteiger partial charge in [0.1, 0.15) is 5.69 Å². The SMILES string of the molecule is O=C1C=Nc2cnc(Nc3ccccc3)nc2C1Cc1ccc2c(c1)OCO2. The Morgan fingerprint density at radius 1 is 1.07 bits per heavy atom. The normalized spacial score (nSPS) is 16.7. The molecule has 0 saturated carbocycles. The highest BCUT2D eigenvalue weighted by Crippen LogP contribution is 2.36. The third kappa shape index (κ3) is 3.07. The molecule has 3 aromatic rings. The summed E-state index contributed by atoms with van der Waals surface area (Å²) in [6.07, 6.45) is 3.49. The lowest BCUT2D eigenvalue weighted by Gasteiger charge is -2.19. The van der Waals surface area contributed by atoms with Crippen LogP contribution in [0, 0.1) is 0 Å². The third-order valence-corrected chi connectivity index (χ3v) is 4.71. The number of Topliss-reactive ketones (excluding diaryl/α,β-unsaturated/α-hetero) is 1. The number of ketones is 1. The summed E-state index contributed by atoms with van der Waals surface area (Å²) >= 11 is 0. The molecule has 0 saturated heterocycles. The van der Waals surface area contributed by atoms with E-state index in [1.165, 1.54) is 6.21 Å². The molecule has 0 aliphatic carbocycles. The average molecular weight is 372 g/mol. The van der Waals surface area contributed by atoms with Crippen LogP contribution >= 0.6 is 0 Å². The standard InChI is InChI=1S/C21H16N4O3/c26-17-11-22-16-10-23-21(24-14-4-2-1-3-5-14)25-20(16)15(17)8-13-6-7-18-19(9-13)28-12-27-18/h1-7,9-11,15H,8,12H2,(H,23,24,25). The smallest absolute Gasteiger partial charge is 0.231 e. The van der Waals surface area contributed by atoms with E-state index in [9.17, 15) is 4.79 Å². The first-order valence-electron chi connectivity index (χ1n) is 8.92. The van der Waals surface area contributed by atoms with E-state index in [1.54, 1.807) is 6.20 Å². The van der Waals surface area contributed by atoms with Gasteiger partial charge in [0.05, 0.1) is 24.0 Å². The first kappa shape index (κ1) is 16.4. The number of aromatic nitrogens is 2. The molecule has 7 nitrogen and oxygen atoms in total. The molecule has 0 radical (unpaired) electrons. The van der Waals surface area contributed by atoms with Crippen LogP contribution in [0.5, 0.6) is 11.5 Å². The number of aliphatic imine (C=N–C) groups is 1. The van der Waals surface area contributed by atoms with Crippen LogP contribution in [0.2, 0.25) is 0 Å². The van der Waals surface area contributed by atoms with Crippen LogP contribution in [-0.4, -0.2) is 28.8 Å². The van der Waals surface area contributed by atoms with E-state index >= 15 is 0 Å². The molecule has 0 spiro atoms. The van der Waals surface area contributed by atoms with Crippen LogP contribution in [0.15, 0.2) is 59.7 Å². The summed E-state index contributed by atoms with van der Waals surface area (Å²) in [5.41, 5.74) is 3.09. The highest BCUT2D eigenvalue weighted by Gasteiger charge is 2.29. The predicted octanol–water partition coefficient (Wildman–Crippen LogP) is 3.56. The Labute approximate surface area is 161 Å². The molecule has 1 atom stereocenters. The van der Waals surface area contributed by atoms with E-state index in [-0.39, 0.29) is 12.6 Å². The van der Waals surface area contributed by atoms with Gasteiger partial charge in [0.15, 0.2) is 17.3 Å². The summed E-state index contributed by atoms with van der Waals surface area (Å²) in [5, 5.41) is 3.17. The predicted molar refractivity (Wildman–Crippen MR) is 104 cm³/mol. The number of rotatable bonds is 4. The van der Waals surface area contributed by atoms with E-state index in [1.807, 2.05) is 48.5 Å². The highest BCUT2D eigenvalue weighted by atomic mass is 16.7. The number of carbonyl (C=O) groups is 1. The largest absolute Gasteiger partial charge is 0.454 e. The lowest BCUT2D eigenvalue weighted by molar-refractivity contribution is -0.114. The van der Waals surface area contributed by atoms with Gasteiger partial charge in [-0.05, 0) is 36.2 Å². The number of nitrogens with one attached hydrogen (secondary N) is 1. The zero-order valence-corrected chi connectivity index (χ0v) is 14.8. The number of para-hydroxylation sites is 1. The number of hydrogen-bond donors (Lipinski definition) is 1. The van der Waals surface area contributed by atoms with E-state index in [2.05, 4.69) is 20.3 Å². The Balaban J connectivity index is 1.45. The van der Waals surface area contributed by atoms with E-state index < -0.39 is 5.92 Å². The number of anilines is 2. The Morgan fingerprint density at radius 2 is 1.93 bits per heavy atom. The molecule has 0 bridgehead atoms. The Morgan fingerprint density at radius 3 is 2.82 bits per heavy atom. The van der Waals surface area contributed by atoms with E-state index in [0.717, 1.165) is 17.0 Å². The van der Waals surface area contributed by atoms with Crippen LogP contribution in [0.25, 0.3) is 0 Å². The fourth-order valence-corrected chi connectivity index (χ4v) is 3.31. The highest BCUT2D eigenvalue weighted by molar-refractivity contribution is 6.31. The van der Waals surface area contributed by atoms with Crippen molar-refractivity contribution in [3.05, 3.63) is 66.0 Å². The van der Waals surface area contributed by atoms with Gasteiger partial charge in [0, 0.05) is 5.69 Å². The van der Waals surface area contributed by atoms with Crippen LogP contribution in [0.3, 0.4) is 0 Å². The lowest BCUT2D eigenvalue weighted by Crippen LogP contribution is -2.21. The van der Waals surface area contributed by atoms with Crippen molar-refractivity contribution in [3.63, 3.8) is 0 Å². The van der Waals surface area contributed by atoms with E-state index in [0.29, 0.717) is 29.5 Å². The van der Waals surface area contributed by atoms with Gasteiger partial charge in [0.2, 0.25) is 12.7 Å². The Kier molecular flexibility index (Phi) is 3.97. The molecule has 1 N–H and O–H groups in total. The van der Waals surface area contributed by atoms with Crippen molar-refractivity contribution in [2.24, 2.45) is 4.99 Å². The van der Waals surface area contributed by atoms with Crippen LogP contribution < -0.4 is 14.8 Å². The van der Waals surface area contributed by atoms with Crippen molar-refractivity contribution in [3.8, 4) is 11.5 Å². The summed E-state index contributed by atoms with van der Waals surface area (Å²) in [5.74, 6) is 1.35. The first-order chi connectivity index (χ1) is 13.8. The number of fused-ring (bicyclic) bond motifs is 2. The zero-order chi connectivity index (χ0) is 18.9. The number of nitrogens with zero attached hydrogens (tertiary/aromatic N) is 3. The summed E-state index contributed by atoms with van der Waals surface area (Å²) in [6, 6.07) is 15.4. The first-order valence-corrected chi connectivity index (χ1v) is 8.92. The fraction of sp³-hybridized carbons (Fsp3) is 0.143. The molecule has 5 rings (SSSR count). The number of hydrogen-bond acceptors (Lipinski definition) is 7. The maximum absolute atomic E-state index is 12.6. The monoisotopic (exact) mass is 372 g/mol. The molecule has 28 heavy (non-hydrogen) atoms. The molecule has 3 heterocycles. The maximum atomic E-state index is 12.6. The Bertz CT molecular complexity index is 1080. The number of ether oxygens (including phenoxy) is 2. The molecule has 1 aromatic heterocycles. The van der Waals surface area contributed by atoms with Gasteiger partial charge in [-0.15, -0.1) is 0 Å². The van der Waals surface area contributed by atoms with Crippen LogP contribution in [0.1, 0.15) is 17.2 Å². The molecule has 2 aromatic carbocycles. The van der Waals surface area contributed by atoms with Crippen molar-refractivity contribution in [1.82, 2.24) is 9.97 Å². The van der Waals surface area contributed by atoms with Gasteiger partial charge in [-0.2, -0.15) is 0 Å². The summed E-state index contributed by atoms with van der Waals surface area (Å²) in [4.78, 5) is 25.7. The van der Waals surface area contributed by atoms with E-state index in [4.69, 9.17) is 9.47 Å².